The summed E-state index contributed by atoms with van der Waals surface area (Å²) in [5, 5.41) is 7.20. The van der Waals surface area contributed by atoms with Crippen LogP contribution in [0.5, 0.6) is 0 Å². The molecule has 0 aliphatic carbocycles. The highest BCUT2D eigenvalue weighted by molar-refractivity contribution is 6.33. The molecule has 3 aromatic rings. The first-order chi connectivity index (χ1) is 11.1. The van der Waals surface area contributed by atoms with E-state index < -0.39 is 5.91 Å². The van der Waals surface area contributed by atoms with Gasteiger partial charge in [0.1, 0.15) is 12.2 Å². The summed E-state index contributed by atoms with van der Waals surface area (Å²) in [7, 11) is 0. The van der Waals surface area contributed by atoms with Crippen molar-refractivity contribution in [3.8, 4) is 11.5 Å². The second kappa shape index (κ2) is 6.50. The molecule has 0 bridgehead atoms. The number of hydrogen-bond donors (Lipinski definition) is 1. The number of furan rings is 1. The zero-order chi connectivity index (χ0) is 16.2. The number of para-hydroxylation sites is 1. The number of benzene rings is 1. The van der Waals surface area contributed by atoms with Gasteiger partial charge in [0, 0.05) is 6.07 Å². The Kier molecular flexibility index (Phi) is 4.25. The maximum Gasteiger partial charge on any atom is 0.267 e. The van der Waals surface area contributed by atoms with E-state index in [1.165, 1.54) is 12.3 Å². The Morgan fingerprint density at radius 2 is 2.00 bits per heavy atom. The fraction of sp³-hybridized carbons (Fsp3) is 0.0625. The van der Waals surface area contributed by atoms with Gasteiger partial charge in [-0.2, -0.15) is 5.10 Å². The Hall–Kier alpha value is -2.86. The predicted octanol–water partition coefficient (Wildman–Crippen LogP) is 2.80. The number of rotatable bonds is 4. The summed E-state index contributed by atoms with van der Waals surface area (Å²) in [5.74, 6) is 0.120. The average Bonchev–Trinajstić information content (AvgIpc) is 3.06. The lowest BCUT2D eigenvalue weighted by atomic mass is 10.3. The fourth-order valence-electron chi connectivity index (χ4n) is 2.01. The Balaban J connectivity index is 1.80. The van der Waals surface area contributed by atoms with Gasteiger partial charge >= 0.3 is 0 Å². The minimum Gasteiger partial charge on any atom is -0.463 e. The molecule has 0 saturated carbocycles. The molecular formula is C16H12ClN3O3. The molecule has 0 spiro atoms. The monoisotopic (exact) mass is 329 g/mol. The summed E-state index contributed by atoms with van der Waals surface area (Å²) in [6, 6.07) is 13.2. The second-order valence-corrected chi connectivity index (χ2v) is 5.13. The summed E-state index contributed by atoms with van der Waals surface area (Å²) >= 11 is 5.98. The molecule has 3 rings (SSSR count). The molecule has 1 N–H and O–H groups in total. The molecule has 1 amide bonds. The number of halogens is 1. The maximum atomic E-state index is 12.1. The summed E-state index contributed by atoms with van der Waals surface area (Å²) in [5.41, 5.74) is 0.573. The van der Waals surface area contributed by atoms with Crippen LogP contribution >= 0.6 is 11.6 Å². The van der Waals surface area contributed by atoms with Crippen molar-refractivity contribution in [3.63, 3.8) is 0 Å². The fourth-order valence-corrected chi connectivity index (χ4v) is 2.19. The number of hydrogen-bond acceptors (Lipinski definition) is 4. The Labute approximate surface area is 136 Å². The molecule has 0 aliphatic rings. The number of aromatic nitrogens is 2. The van der Waals surface area contributed by atoms with E-state index in [-0.39, 0.29) is 12.1 Å². The van der Waals surface area contributed by atoms with E-state index in [0.717, 1.165) is 4.68 Å². The molecule has 2 aromatic heterocycles. The van der Waals surface area contributed by atoms with Gasteiger partial charge in [0.25, 0.3) is 5.56 Å². The molecule has 0 aliphatic heterocycles. The maximum absolute atomic E-state index is 12.1. The van der Waals surface area contributed by atoms with E-state index in [4.69, 9.17) is 16.0 Å². The van der Waals surface area contributed by atoms with Crippen molar-refractivity contribution in [2.75, 3.05) is 5.32 Å². The first-order valence-corrected chi connectivity index (χ1v) is 7.18. The van der Waals surface area contributed by atoms with Crippen molar-refractivity contribution in [3.05, 3.63) is 70.2 Å². The Morgan fingerprint density at radius 3 is 2.74 bits per heavy atom. The molecule has 116 valence electrons. The largest absolute Gasteiger partial charge is 0.463 e. The van der Waals surface area contributed by atoms with E-state index in [1.54, 1.807) is 42.5 Å². The number of anilines is 1. The molecular weight excluding hydrogens is 318 g/mol. The highest BCUT2D eigenvalue weighted by Crippen LogP contribution is 2.20. The Morgan fingerprint density at radius 1 is 1.17 bits per heavy atom. The third-order valence-electron chi connectivity index (χ3n) is 3.08. The Bertz CT molecular complexity index is 888. The van der Waals surface area contributed by atoms with Crippen LogP contribution in [-0.2, 0) is 11.3 Å². The van der Waals surface area contributed by atoms with Crippen molar-refractivity contribution in [1.82, 2.24) is 9.78 Å². The first-order valence-electron chi connectivity index (χ1n) is 6.80. The molecule has 0 saturated heterocycles. The van der Waals surface area contributed by atoms with Crippen molar-refractivity contribution in [1.29, 1.82) is 0 Å². The van der Waals surface area contributed by atoms with Gasteiger partial charge in [0.15, 0.2) is 5.76 Å². The van der Waals surface area contributed by atoms with Crippen LogP contribution in [0.25, 0.3) is 11.5 Å². The minimum absolute atomic E-state index is 0.224. The number of carbonyl (C=O) groups excluding carboxylic acids is 1. The number of nitrogens with one attached hydrogen (secondary N) is 1. The van der Waals surface area contributed by atoms with Gasteiger partial charge in [0.2, 0.25) is 5.91 Å². The topological polar surface area (TPSA) is 77.1 Å². The molecule has 0 atom stereocenters. The van der Waals surface area contributed by atoms with E-state index >= 15 is 0 Å². The van der Waals surface area contributed by atoms with E-state index in [0.29, 0.717) is 22.2 Å². The molecule has 0 fully saturated rings. The highest BCUT2D eigenvalue weighted by atomic mass is 35.5. The van der Waals surface area contributed by atoms with Crippen LogP contribution in [0.1, 0.15) is 0 Å². The van der Waals surface area contributed by atoms with E-state index in [9.17, 15) is 9.59 Å². The summed E-state index contributed by atoms with van der Waals surface area (Å²) < 4.78 is 6.31. The van der Waals surface area contributed by atoms with Crippen LogP contribution in [0.2, 0.25) is 5.02 Å². The van der Waals surface area contributed by atoms with Crippen LogP contribution in [0, 0.1) is 0 Å². The quantitative estimate of drug-likeness (QED) is 0.798. The zero-order valence-electron chi connectivity index (χ0n) is 11.9. The van der Waals surface area contributed by atoms with Crippen LogP contribution in [0.3, 0.4) is 0 Å². The van der Waals surface area contributed by atoms with Gasteiger partial charge in [-0.1, -0.05) is 23.7 Å². The zero-order valence-corrected chi connectivity index (χ0v) is 12.7. The van der Waals surface area contributed by atoms with Gasteiger partial charge < -0.3 is 9.73 Å². The van der Waals surface area contributed by atoms with Crippen LogP contribution in [0.4, 0.5) is 5.69 Å². The van der Waals surface area contributed by atoms with Crippen molar-refractivity contribution in [2.45, 2.75) is 6.54 Å². The van der Waals surface area contributed by atoms with Crippen LogP contribution in [-0.4, -0.2) is 15.7 Å². The molecule has 23 heavy (non-hydrogen) atoms. The summed E-state index contributed by atoms with van der Waals surface area (Å²) in [6.07, 6.45) is 1.51. The van der Waals surface area contributed by atoms with E-state index in [1.807, 2.05) is 0 Å². The molecule has 1 aromatic carbocycles. The molecule has 2 heterocycles. The van der Waals surface area contributed by atoms with Gasteiger partial charge in [-0.05, 0) is 30.3 Å². The van der Waals surface area contributed by atoms with Gasteiger partial charge in [0.05, 0.1) is 17.0 Å². The smallest absolute Gasteiger partial charge is 0.267 e. The highest BCUT2D eigenvalue weighted by Gasteiger charge is 2.10. The molecule has 6 nitrogen and oxygen atoms in total. The normalized spacial score (nSPS) is 10.5. The van der Waals surface area contributed by atoms with Gasteiger partial charge in [-0.3, -0.25) is 9.59 Å². The average molecular weight is 330 g/mol. The van der Waals surface area contributed by atoms with Crippen molar-refractivity contribution >= 4 is 23.2 Å². The van der Waals surface area contributed by atoms with Crippen LogP contribution < -0.4 is 10.9 Å². The number of nitrogens with zero attached hydrogens (tertiary/aromatic N) is 2. The lowest BCUT2D eigenvalue weighted by Gasteiger charge is -2.08. The van der Waals surface area contributed by atoms with Crippen molar-refractivity contribution < 1.29 is 9.21 Å². The number of carbonyl (C=O) groups is 1. The summed E-state index contributed by atoms with van der Waals surface area (Å²) in [4.78, 5) is 24.0. The minimum atomic E-state index is -0.399. The summed E-state index contributed by atoms with van der Waals surface area (Å²) in [6.45, 7) is -0.224. The molecule has 7 heteroatoms. The second-order valence-electron chi connectivity index (χ2n) is 4.72. The third-order valence-corrected chi connectivity index (χ3v) is 3.41. The van der Waals surface area contributed by atoms with Gasteiger partial charge in [-0.15, -0.1) is 0 Å². The van der Waals surface area contributed by atoms with E-state index in [2.05, 4.69) is 10.4 Å². The molecule has 0 radical (unpaired) electrons. The lowest BCUT2D eigenvalue weighted by molar-refractivity contribution is -0.117. The predicted molar refractivity (Wildman–Crippen MR) is 86.3 cm³/mol. The SMILES string of the molecule is O=C(Cn1nc(-c2ccco2)ccc1=O)Nc1ccccc1Cl. The standard InChI is InChI=1S/C16H12ClN3O3/c17-11-4-1-2-5-12(11)18-15(21)10-20-16(22)8-7-13(19-20)14-6-3-9-23-14/h1-9H,10H2,(H,18,21). The molecule has 0 unspecified atom stereocenters. The number of amides is 1. The van der Waals surface area contributed by atoms with Crippen molar-refractivity contribution in [2.24, 2.45) is 0 Å². The van der Waals surface area contributed by atoms with Crippen LogP contribution in [0.15, 0.2) is 64.0 Å². The first kappa shape index (κ1) is 15.1. The third kappa shape index (κ3) is 3.49. The van der Waals surface area contributed by atoms with Gasteiger partial charge in [-0.25, -0.2) is 4.68 Å². The lowest BCUT2D eigenvalue weighted by Crippen LogP contribution is -2.29.